The zero-order valence-electron chi connectivity index (χ0n) is 16.5. The van der Waals surface area contributed by atoms with Gasteiger partial charge in [0.05, 0.1) is 11.0 Å². The van der Waals surface area contributed by atoms with Crippen molar-refractivity contribution in [2.75, 3.05) is 0 Å². The molecule has 1 aliphatic carbocycles. The molecule has 7 nitrogen and oxygen atoms in total. The summed E-state index contributed by atoms with van der Waals surface area (Å²) < 4.78 is 7.97. The first kappa shape index (κ1) is 18.7. The van der Waals surface area contributed by atoms with Gasteiger partial charge in [-0.2, -0.15) is 4.99 Å². The van der Waals surface area contributed by atoms with Gasteiger partial charge in [0.2, 0.25) is 5.82 Å². The minimum Gasteiger partial charge on any atom is -0.453 e. The second kappa shape index (κ2) is 7.53. The fourth-order valence-electron chi connectivity index (χ4n) is 3.51. The van der Waals surface area contributed by atoms with Crippen LogP contribution in [0.3, 0.4) is 0 Å². The van der Waals surface area contributed by atoms with Crippen molar-refractivity contribution in [2.24, 2.45) is 15.9 Å². The topological polar surface area (TPSA) is 85.6 Å². The number of carbonyl (C=O) groups excluding carboxylic acids is 1. The molecule has 5 rings (SSSR count). The van der Waals surface area contributed by atoms with E-state index in [0.29, 0.717) is 24.0 Å². The molecule has 0 radical (unpaired) electrons. The molecule has 0 N–H and O–H groups in total. The van der Waals surface area contributed by atoms with Gasteiger partial charge in [-0.15, -0.1) is 10.2 Å². The van der Waals surface area contributed by atoms with Crippen LogP contribution in [0.1, 0.15) is 13.8 Å². The quantitative estimate of drug-likeness (QED) is 0.577. The van der Waals surface area contributed by atoms with Crippen molar-refractivity contribution in [1.29, 1.82) is 0 Å². The number of allylic oxidation sites excluding steroid dienone is 3. The van der Waals surface area contributed by atoms with E-state index in [2.05, 4.69) is 20.2 Å². The molecule has 0 bridgehead atoms. The van der Waals surface area contributed by atoms with Crippen molar-refractivity contribution in [2.45, 2.75) is 30.8 Å². The van der Waals surface area contributed by atoms with Crippen molar-refractivity contribution in [1.82, 2.24) is 14.8 Å². The van der Waals surface area contributed by atoms with Gasteiger partial charge in [-0.1, -0.05) is 48.2 Å². The lowest BCUT2D eigenvalue weighted by Crippen LogP contribution is -2.30. The molecule has 3 aromatic rings. The highest BCUT2D eigenvalue weighted by Gasteiger charge is 2.29. The molecule has 2 unspecified atom stereocenters. The Bertz CT molecular complexity index is 1230. The Kier molecular flexibility index (Phi) is 4.71. The molecule has 0 saturated heterocycles. The second-order valence-corrected chi connectivity index (χ2v) is 8.33. The first-order chi connectivity index (χ1) is 14.6. The van der Waals surface area contributed by atoms with Crippen molar-refractivity contribution in [3.05, 3.63) is 54.6 Å². The third-order valence-corrected chi connectivity index (χ3v) is 6.14. The zero-order chi connectivity index (χ0) is 20.7. The van der Waals surface area contributed by atoms with Crippen LogP contribution in [0.2, 0.25) is 0 Å². The first-order valence-corrected chi connectivity index (χ1v) is 10.7. The van der Waals surface area contributed by atoms with Gasteiger partial charge in [-0.05, 0) is 32.1 Å². The molecule has 30 heavy (non-hydrogen) atoms. The Morgan fingerprint density at radius 3 is 2.90 bits per heavy atom. The van der Waals surface area contributed by atoms with Crippen LogP contribution in [-0.2, 0) is 11.3 Å². The van der Waals surface area contributed by atoms with Gasteiger partial charge >= 0.3 is 0 Å². The predicted molar refractivity (Wildman–Crippen MR) is 118 cm³/mol. The average molecular weight is 417 g/mol. The average Bonchev–Trinajstić information content (AvgIpc) is 3.37. The first-order valence-electron chi connectivity index (χ1n) is 9.78. The number of amidine groups is 1. The lowest BCUT2D eigenvalue weighted by Gasteiger charge is -2.20. The van der Waals surface area contributed by atoms with E-state index in [1.807, 2.05) is 73.1 Å². The number of fused-ring (bicyclic) bond motifs is 2. The van der Waals surface area contributed by atoms with Gasteiger partial charge in [0.25, 0.3) is 5.91 Å². The molecule has 0 saturated carbocycles. The molecule has 2 atom stereocenters. The van der Waals surface area contributed by atoms with Crippen LogP contribution in [0.4, 0.5) is 0 Å². The summed E-state index contributed by atoms with van der Waals surface area (Å²) in [6.45, 7) is 4.69. The largest absolute Gasteiger partial charge is 0.453 e. The Morgan fingerprint density at radius 1 is 1.20 bits per heavy atom. The highest BCUT2D eigenvalue weighted by Crippen LogP contribution is 2.31. The van der Waals surface area contributed by atoms with Crippen LogP contribution >= 0.6 is 11.8 Å². The summed E-state index contributed by atoms with van der Waals surface area (Å²) in [4.78, 5) is 21.2. The van der Waals surface area contributed by atoms with Gasteiger partial charge in [-0.25, -0.2) is 4.99 Å². The van der Waals surface area contributed by atoms with Crippen LogP contribution in [-0.4, -0.2) is 37.5 Å². The summed E-state index contributed by atoms with van der Waals surface area (Å²) in [5.74, 6) is 1.32. The van der Waals surface area contributed by atoms with E-state index in [4.69, 9.17) is 4.42 Å². The molecule has 0 spiro atoms. The van der Waals surface area contributed by atoms with Crippen molar-refractivity contribution in [3.8, 4) is 11.6 Å². The summed E-state index contributed by atoms with van der Waals surface area (Å²) >= 11 is 1.48. The summed E-state index contributed by atoms with van der Waals surface area (Å²) in [5.41, 5.74) is 1.55. The minimum atomic E-state index is -0.366. The molecule has 0 fully saturated rings. The lowest BCUT2D eigenvalue weighted by atomic mass is 9.96. The third kappa shape index (κ3) is 3.23. The molecule has 150 valence electrons. The number of thioether (sulfide) groups is 1. The molecule has 8 heteroatoms. The maximum atomic E-state index is 12.4. The second-order valence-electron chi connectivity index (χ2n) is 7.03. The van der Waals surface area contributed by atoms with Crippen molar-refractivity contribution in [3.63, 3.8) is 0 Å². The number of amides is 1. The van der Waals surface area contributed by atoms with Gasteiger partial charge in [-0.3, -0.25) is 9.36 Å². The fraction of sp³-hybridized carbons (Fsp3) is 0.227. The number of aromatic nitrogens is 3. The number of rotatable bonds is 5. The van der Waals surface area contributed by atoms with Crippen LogP contribution in [0.15, 0.2) is 74.2 Å². The van der Waals surface area contributed by atoms with Crippen molar-refractivity contribution >= 4 is 40.2 Å². The standard InChI is InChI=1S/C22H19N5O2S/c1-3-27-20(18-12-14-8-4-7-11-17(14)29-18)25-26-22(27)30-13(2)19-23-16-10-6-5-9-15(16)21(28)24-19/h4-13,15H,3H2,1-2H3. The van der Waals surface area contributed by atoms with Gasteiger partial charge < -0.3 is 4.42 Å². The zero-order valence-corrected chi connectivity index (χ0v) is 17.3. The Morgan fingerprint density at radius 2 is 2.07 bits per heavy atom. The number of benzene rings is 1. The summed E-state index contributed by atoms with van der Waals surface area (Å²) in [5, 5.41) is 10.3. The number of aliphatic imine (C=N–C) groups is 2. The highest BCUT2D eigenvalue weighted by atomic mass is 32.2. The maximum absolute atomic E-state index is 12.4. The van der Waals surface area contributed by atoms with E-state index in [1.165, 1.54) is 11.8 Å². The normalized spacial score (nSPS) is 19.0. The van der Waals surface area contributed by atoms with Gasteiger partial charge in [0.15, 0.2) is 10.9 Å². The number of nitrogens with zero attached hydrogens (tertiary/aromatic N) is 5. The van der Waals surface area contributed by atoms with E-state index < -0.39 is 0 Å². The number of hydrogen-bond donors (Lipinski definition) is 0. The number of carbonyl (C=O) groups is 1. The summed E-state index contributed by atoms with van der Waals surface area (Å²) in [6, 6.07) is 9.83. The molecule has 3 heterocycles. The third-order valence-electron chi connectivity index (χ3n) is 5.06. The Hall–Kier alpha value is -3.26. The monoisotopic (exact) mass is 417 g/mol. The van der Waals surface area contributed by atoms with Crippen LogP contribution in [0.25, 0.3) is 22.6 Å². The molecule has 1 aliphatic heterocycles. The highest BCUT2D eigenvalue weighted by molar-refractivity contribution is 8.00. The number of para-hydroxylation sites is 1. The SMILES string of the molecule is CCn1c(SC(C)C2=NC(=O)C3C=CC=CC3=N2)nnc1-c1cc2ccccc2o1. The lowest BCUT2D eigenvalue weighted by molar-refractivity contribution is -0.118. The predicted octanol–water partition coefficient (Wildman–Crippen LogP) is 4.31. The minimum absolute atomic E-state index is 0.153. The van der Waals surface area contributed by atoms with Gasteiger partial charge in [0, 0.05) is 11.9 Å². The summed E-state index contributed by atoms with van der Waals surface area (Å²) in [7, 11) is 0. The smallest absolute Gasteiger partial charge is 0.260 e. The molecular formula is C22H19N5O2S. The Balaban J connectivity index is 1.43. The molecular weight excluding hydrogens is 398 g/mol. The maximum Gasteiger partial charge on any atom is 0.260 e. The van der Waals surface area contributed by atoms with E-state index in [-0.39, 0.29) is 17.1 Å². The molecule has 2 aromatic heterocycles. The van der Waals surface area contributed by atoms with E-state index in [1.54, 1.807) is 0 Å². The number of furan rings is 1. The van der Waals surface area contributed by atoms with Crippen LogP contribution in [0, 0.1) is 5.92 Å². The van der Waals surface area contributed by atoms with Gasteiger partial charge in [0.1, 0.15) is 17.3 Å². The summed E-state index contributed by atoms with van der Waals surface area (Å²) in [6.07, 6.45) is 7.43. The van der Waals surface area contributed by atoms with Crippen molar-refractivity contribution < 1.29 is 9.21 Å². The Labute approximate surface area is 177 Å². The van der Waals surface area contributed by atoms with Crippen LogP contribution in [0.5, 0.6) is 0 Å². The number of hydrogen-bond acceptors (Lipinski definition) is 6. The van der Waals surface area contributed by atoms with E-state index >= 15 is 0 Å². The fourth-order valence-corrected chi connectivity index (χ4v) is 4.47. The molecule has 1 aromatic carbocycles. The van der Waals surface area contributed by atoms with E-state index in [0.717, 1.165) is 21.8 Å². The van der Waals surface area contributed by atoms with E-state index in [9.17, 15) is 4.79 Å². The molecule has 2 aliphatic rings. The van der Waals surface area contributed by atoms with Crippen LogP contribution < -0.4 is 0 Å². The molecule has 1 amide bonds.